The Kier molecular flexibility index (Phi) is 8.00. The van der Waals surface area contributed by atoms with E-state index in [9.17, 15) is 4.79 Å². The Balaban J connectivity index is 1.78. The molecule has 2 fully saturated rings. The standard InChI is InChI=1S/C22H35N3O4/c1-4-28-20-14-19(25-9-11-27-12-10-25)21(29-5-2)13-18(20)23-22(26)16-24-8-6-7-17(3)15-24/h13-14,17H,4-12,15-16H2,1-3H3,(H,23,26)/t17-/m1/s1. The van der Waals surface area contributed by atoms with E-state index in [0.717, 1.165) is 44.0 Å². The minimum absolute atomic E-state index is 0.0124. The highest BCUT2D eigenvalue weighted by Crippen LogP contribution is 2.39. The number of amides is 1. The number of rotatable bonds is 8. The van der Waals surface area contributed by atoms with Gasteiger partial charge < -0.3 is 24.4 Å². The largest absolute Gasteiger partial charge is 0.492 e. The molecule has 0 saturated carbocycles. The van der Waals surface area contributed by atoms with Crippen LogP contribution >= 0.6 is 0 Å². The Morgan fingerprint density at radius 1 is 1.14 bits per heavy atom. The lowest BCUT2D eigenvalue weighted by atomic mass is 10.0. The summed E-state index contributed by atoms with van der Waals surface area (Å²) in [5, 5.41) is 3.06. The van der Waals surface area contributed by atoms with E-state index in [0.29, 0.717) is 50.3 Å². The van der Waals surface area contributed by atoms with Crippen molar-refractivity contribution in [2.45, 2.75) is 33.6 Å². The molecule has 3 rings (SSSR count). The molecule has 0 bridgehead atoms. The average Bonchev–Trinajstić information content (AvgIpc) is 2.71. The second kappa shape index (κ2) is 10.7. The minimum atomic E-state index is -0.0124. The monoisotopic (exact) mass is 405 g/mol. The van der Waals surface area contributed by atoms with Gasteiger partial charge in [-0.25, -0.2) is 0 Å². The maximum atomic E-state index is 12.7. The van der Waals surface area contributed by atoms with Crippen LogP contribution < -0.4 is 19.7 Å². The number of carbonyl (C=O) groups is 1. The van der Waals surface area contributed by atoms with Gasteiger partial charge in [0.1, 0.15) is 11.5 Å². The molecule has 162 valence electrons. The van der Waals surface area contributed by atoms with E-state index >= 15 is 0 Å². The first kappa shape index (κ1) is 21.7. The lowest BCUT2D eigenvalue weighted by molar-refractivity contribution is -0.117. The lowest BCUT2D eigenvalue weighted by Crippen LogP contribution is -2.39. The molecule has 1 amide bonds. The van der Waals surface area contributed by atoms with Gasteiger partial charge in [-0.15, -0.1) is 0 Å². The molecule has 0 aliphatic carbocycles. The zero-order valence-corrected chi connectivity index (χ0v) is 18.0. The van der Waals surface area contributed by atoms with E-state index in [1.807, 2.05) is 26.0 Å². The van der Waals surface area contributed by atoms with Gasteiger partial charge in [-0.1, -0.05) is 6.92 Å². The van der Waals surface area contributed by atoms with Gasteiger partial charge in [-0.05, 0) is 39.2 Å². The topological polar surface area (TPSA) is 63.3 Å². The van der Waals surface area contributed by atoms with Crippen LogP contribution in [0.3, 0.4) is 0 Å². The van der Waals surface area contributed by atoms with Crippen LogP contribution in [-0.4, -0.2) is 70.0 Å². The molecule has 0 aromatic heterocycles. The van der Waals surface area contributed by atoms with E-state index in [4.69, 9.17) is 14.2 Å². The second-order valence-electron chi connectivity index (χ2n) is 7.81. The highest BCUT2D eigenvalue weighted by molar-refractivity contribution is 5.94. The summed E-state index contributed by atoms with van der Waals surface area (Å²) in [7, 11) is 0. The molecular formula is C22H35N3O4. The summed E-state index contributed by atoms with van der Waals surface area (Å²) in [6.45, 7) is 12.6. The van der Waals surface area contributed by atoms with Gasteiger partial charge in [-0.2, -0.15) is 0 Å². The van der Waals surface area contributed by atoms with Crippen molar-refractivity contribution in [2.24, 2.45) is 5.92 Å². The second-order valence-corrected chi connectivity index (χ2v) is 7.81. The molecule has 29 heavy (non-hydrogen) atoms. The average molecular weight is 406 g/mol. The molecule has 1 atom stereocenters. The highest BCUT2D eigenvalue weighted by Gasteiger charge is 2.22. The van der Waals surface area contributed by atoms with Crippen molar-refractivity contribution in [2.75, 3.05) is 69.4 Å². The van der Waals surface area contributed by atoms with Gasteiger partial charge in [0.05, 0.1) is 44.3 Å². The predicted octanol–water partition coefficient (Wildman–Crippen LogP) is 2.99. The van der Waals surface area contributed by atoms with Crippen LogP contribution in [0, 0.1) is 5.92 Å². The van der Waals surface area contributed by atoms with E-state index in [2.05, 4.69) is 22.0 Å². The van der Waals surface area contributed by atoms with Crippen LogP contribution in [0.4, 0.5) is 11.4 Å². The number of hydrogen-bond donors (Lipinski definition) is 1. The third-order valence-electron chi connectivity index (χ3n) is 5.40. The summed E-state index contributed by atoms with van der Waals surface area (Å²) in [5.74, 6) is 2.08. The van der Waals surface area contributed by atoms with E-state index in [1.54, 1.807) is 0 Å². The molecule has 2 saturated heterocycles. The molecule has 7 nitrogen and oxygen atoms in total. The molecule has 2 heterocycles. The third kappa shape index (κ3) is 6.00. The lowest BCUT2D eigenvalue weighted by Gasteiger charge is -2.31. The van der Waals surface area contributed by atoms with Gasteiger partial charge in [-0.3, -0.25) is 9.69 Å². The van der Waals surface area contributed by atoms with E-state index in [1.165, 1.54) is 6.42 Å². The fourth-order valence-electron chi connectivity index (χ4n) is 4.07. The fraction of sp³-hybridized carbons (Fsp3) is 0.682. The number of benzene rings is 1. The van der Waals surface area contributed by atoms with Crippen molar-refractivity contribution >= 4 is 17.3 Å². The quantitative estimate of drug-likeness (QED) is 0.717. The summed E-state index contributed by atoms with van der Waals surface area (Å²) in [6, 6.07) is 3.88. The van der Waals surface area contributed by atoms with Gasteiger partial charge >= 0.3 is 0 Å². The molecule has 2 aliphatic rings. The van der Waals surface area contributed by atoms with Crippen molar-refractivity contribution < 1.29 is 19.0 Å². The maximum Gasteiger partial charge on any atom is 0.238 e. The number of likely N-dealkylation sites (tertiary alicyclic amines) is 1. The first-order valence-corrected chi connectivity index (χ1v) is 10.9. The SMILES string of the molecule is CCOc1cc(N2CCOCC2)c(OCC)cc1NC(=O)CN1CCC[C@@H](C)C1. The van der Waals surface area contributed by atoms with Crippen molar-refractivity contribution in [1.29, 1.82) is 0 Å². The molecule has 1 aromatic rings. The normalized spacial score (nSPS) is 20.4. The number of nitrogens with one attached hydrogen (secondary N) is 1. The first-order valence-electron chi connectivity index (χ1n) is 10.9. The van der Waals surface area contributed by atoms with E-state index in [-0.39, 0.29) is 5.91 Å². The number of nitrogens with zero attached hydrogens (tertiary/aromatic N) is 2. The molecular weight excluding hydrogens is 370 g/mol. The summed E-state index contributed by atoms with van der Waals surface area (Å²) in [5.41, 5.74) is 1.66. The summed E-state index contributed by atoms with van der Waals surface area (Å²) in [6.07, 6.45) is 2.40. The van der Waals surface area contributed by atoms with Crippen molar-refractivity contribution in [3.63, 3.8) is 0 Å². The zero-order valence-electron chi connectivity index (χ0n) is 18.0. The van der Waals surface area contributed by atoms with Crippen LogP contribution in [0.1, 0.15) is 33.6 Å². The summed E-state index contributed by atoms with van der Waals surface area (Å²) < 4.78 is 17.3. The van der Waals surface area contributed by atoms with Crippen molar-refractivity contribution in [3.05, 3.63) is 12.1 Å². The Bertz CT molecular complexity index is 676. The number of hydrogen-bond acceptors (Lipinski definition) is 6. The Morgan fingerprint density at radius 3 is 2.55 bits per heavy atom. The molecule has 0 unspecified atom stereocenters. The summed E-state index contributed by atoms with van der Waals surface area (Å²) >= 11 is 0. The smallest absolute Gasteiger partial charge is 0.238 e. The highest BCUT2D eigenvalue weighted by atomic mass is 16.5. The van der Waals surface area contributed by atoms with Gasteiger partial charge in [0, 0.05) is 31.8 Å². The minimum Gasteiger partial charge on any atom is -0.492 e. The Hall–Kier alpha value is -1.99. The Labute approximate surface area is 174 Å². The fourth-order valence-corrected chi connectivity index (χ4v) is 4.07. The number of carbonyl (C=O) groups excluding carboxylic acids is 1. The van der Waals surface area contributed by atoms with Crippen LogP contribution in [0.5, 0.6) is 11.5 Å². The number of ether oxygens (including phenoxy) is 3. The van der Waals surface area contributed by atoms with Crippen LogP contribution in [0.25, 0.3) is 0 Å². The van der Waals surface area contributed by atoms with Gasteiger partial charge in [0.25, 0.3) is 0 Å². The number of piperidine rings is 1. The van der Waals surface area contributed by atoms with Gasteiger partial charge in [0.2, 0.25) is 5.91 Å². The maximum absolute atomic E-state index is 12.7. The molecule has 1 aromatic carbocycles. The molecule has 7 heteroatoms. The van der Waals surface area contributed by atoms with Crippen molar-refractivity contribution in [3.8, 4) is 11.5 Å². The third-order valence-corrected chi connectivity index (χ3v) is 5.40. The molecule has 1 N–H and O–H groups in total. The molecule has 0 spiro atoms. The van der Waals surface area contributed by atoms with E-state index < -0.39 is 0 Å². The molecule has 2 aliphatic heterocycles. The van der Waals surface area contributed by atoms with Crippen LogP contribution in [-0.2, 0) is 9.53 Å². The number of morpholine rings is 1. The Morgan fingerprint density at radius 2 is 1.86 bits per heavy atom. The van der Waals surface area contributed by atoms with Crippen molar-refractivity contribution in [1.82, 2.24) is 4.90 Å². The van der Waals surface area contributed by atoms with Crippen LogP contribution in [0.15, 0.2) is 12.1 Å². The zero-order chi connectivity index (χ0) is 20.6. The first-order chi connectivity index (χ1) is 14.1. The molecule has 0 radical (unpaired) electrons. The predicted molar refractivity (Wildman–Crippen MR) is 115 cm³/mol. The number of anilines is 2. The summed E-state index contributed by atoms with van der Waals surface area (Å²) in [4.78, 5) is 17.2. The van der Waals surface area contributed by atoms with Gasteiger partial charge in [0.15, 0.2) is 0 Å². The van der Waals surface area contributed by atoms with Crippen LogP contribution in [0.2, 0.25) is 0 Å².